The minimum Gasteiger partial charge on any atom is -0.431 e. The average molecular weight is 306 g/mol. The van der Waals surface area contributed by atoms with Crippen LogP contribution in [0.25, 0.3) is 0 Å². The molecular formula is C10H11IO3. The zero-order chi connectivity index (χ0) is 10.4. The Morgan fingerprint density at radius 1 is 1.43 bits per heavy atom. The highest BCUT2D eigenvalue weighted by molar-refractivity contribution is 14.1. The van der Waals surface area contributed by atoms with Crippen LogP contribution < -0.4 is 0 Å². The van der Waals surface area contributed by atoms with Gasteiger partial charge in [0.05, 0.1) is 4.43 Å². The van der Waals surface area contributed by atoms with Crippen LogP contribution in [-0.2, 0) is 14.3 Å². The summed E-state index contributed by atoms with van der Waals surface area (Å²) in [7, 11) is 1.51. The number of benzene rings is 1. The molecule has 0 spiro atoms. The summed E-state index contributed by atoms with van der Waals surface area (Å²) >= 11 is 1.95. The van der Waals surface area contributed by atoms with Gasteiger partial charge in [0.25, 0.3) is 0 Å². The van der Waals surface area contributed by atoms with Gasteiger partial charge in [0, 0.05) is 12.7 Å². The fourth-order valence-corrected chi connectivity index (χ4v) is 1.19. The first-order valence-corrected chi connectivity index (χ1v) is 5.63. The van der Waals surface area contributed by atoms with Crippen LogP contribution in [0.4, 0.5) is 0 Å². The summed E-state index contributed by atoms with van der Waals surface area (Å²) in [5.41, 5.74) is 0.841. The van der Waals surface area contributed by atoms with E-state index in [9.17, 15) is 4.79 Å². The van der Waals surface area contributed by atoms with Crippen molar-refractivity contribution in [3.05, 3.63) is 35.9 Å². The van der Waals surface area contributed by atoms with E-state index in [1.165, 1.54) is 7.11 Å². The van der Waals surface area contributed by atoms with Crippen LogP contribution in [-0.4, -0.2) is 17.5 Å². The molecule has 76 valence electrons. The lowest BCUT2D eigenvalue weighted by atomic mass is 10.2. The van der Waals surface area contributed by atoms with Crippen LogP contribution in [0, 0.1) is 0 Å². The van der Waals surface area contributed by atoms with Crippen LogP contribution in [0.1, 0.15) is 11.9 Å². The second kappa shape index (κ2) is 5.98. The standard InChI is InChI=1S/C10H11IO3/c1-13-10(14-9(12)7-11)8-5-3-2-4-6-8/h2-6,10H,7H2,1H3. The number of hydrogen-bond donors (Lipinski definition) is 0. The molecule has 0 aliphatic heterocycles. The molecule has 0 fully saturated rings. The van der Waals surface area contributed by atoms with E-state index in [1.54, 1.807) is 0 Å². The third-order valence-electron chi connectivity index (χ3n) is 1.63. The smallest absolute Gasteiger partial charge is 0.318 e. The van der Waals surface area contributed by atoms with Crippen molar-refractivity contribution in [3.63, 3.8) is 0 Å². The third-order valence-corrected chi connectivity index (χ3v) is 2.26. The van der Waals surface area contributed by atoms with Crippen molar-refractivity contribution in [2.75, 3.05) is 11.5 Å². The molecule has 1 unspecified atom stereocenters. The molecule has 1 rings (SSSR count). The van der Waals surface area contributed by atoms with Gasteiger partial charge in [-0.2, -0.15) is 0 Å². The number of rotatable bonds is 4. The van der Waals surface area contributed by atoms with Gasteiger partial charge in [-0.15, -0.1) is 0 Å². The molecule has 0 radical (unpaired) electrons. The number of carbonyl (C=O) groups excluding carboxylic acids is 1. The summed E-state index contributed by atoms with van der Waals surface area (Å²) in [4.78, 5) is 11.0. The number of esters is 1. The molecule has 0 saturated carbocycles. The van der Waals surface area contributed by atoms with E-state index in [0.29, 0.717) is 4.43 Å². The quantitative estimate of drug-likeness (QED) is 0.371. The number of ether oxygens (including phenoxy) is 2. The first kappa shape index (κ1) is 11.5. The summed E-state index contributed by atoms with van der Waals surface area (Å²) in [5.74, 6) is -0.277. The average Bonchev–Trinajstić information content (AvgIpc) is 2.26. The van der Waals surface area contributed by atoms with Gasteiger partial charge in [-0.25, -0.2) is 0 Å². The Morgan fingerprint density at radius 3 is 2.57 bits per heavy atom. The van der Waals surface area contributed by atoms with Crippen LogP contribution in [0.2, 0.25) is 0 Å². The molecule has 0 aliphatic carbocycles. The second-order valence-corrected chi connectivity index (χ2v) is 3.36. The lowest BCUT2D eigenvalue weighted by molar-refractivity contribution is -0.171. The predicted octanol–water partition coefficient (Wildman–Crippen LogP) is 2.31. The van der Waals surface area contributed by atoms with Crippen molar-refractivity contribution < 1.29 is 14.3 Å². The van der Waals surface area contributed by atoms with E-state index >= 15 is 0 Å². The highest BCUT2D eigenvalue weighted by Gasteiger charge is 2.14. The van der Waals surface area contributed by atoms with Crippen molar-refractivity contribution in [2.45, 2.75) is 6.29 Å². The molecule has 4 heteroatoms. The molecule has 3 nitrogen and oxygen atoms in total. The number of methoxy groups -OCH3 is 1. The van der Waals surface area contributed by atoms with E-state index in [0.717, 1.165) is 5.56 Å². The first-order valence-electron chi connectivity index (χ1n) is 4.11. The fraction of sp³-hybridized carbons (Fsp3) is 0.300. The van der Waals surface area contributed by atoms with Crippen molar-refractivity contribution in [3.8, 4) is 0 Å². The van der Waals surface area contributed by atoms with Gasteiger partial charge in [-0.3, -0.25) is 4.79 Å². The summed E-state index contributed by atoms with van der Waals surface area (Å²) < 4.78 is 10.5. The van der Waals surface area contributed by atoms with Gasteiger partial charge in [0.2, 0.25) is 6.29 Å². The molecule has 0 amide bonds. The third kappa shape index (κ3) is 3.26. The van der Waals surface area contributed by atoms with E-state index in [1.807, 2.05) is 52.9 Å². The normalized spacial score (nSPS) is 12.1. The Morgan fingerprint density at radius 2 is 2.07 bits per heavy atom. The molecule has 0 aliphatic rings. The zero-order valence-corrected chi connectivity index (χ0v) is 9.93. The Labute approximate surface area is 96.5 Å². The summed E-state index contributed by atoms with van der Waals surface area (Å²) in [6, 6.07) is 9.36. The largest absolute Gasteiger partial charge is 0.431 e. The summed E-state index contributed by atoms with van der Waals surface area (Å²) in [5, 5.41) is 0. The maximum absolute atomic E-state index is 11.0. The van der Waals surface area contributed by atoms with Crippen LogP contribution in [0.3, 0.4) is 0 Å². The molecule has 0 bridgehead atoms. The van der Waals surface area contributed by atoms with Gasteiger partial charge in [0.1, 0.15) is 0 Å². The van der Waals surface area contributed by atoms with Crippen LogP contribution in [0.5, 0.6) is 0 Å². The Balaban J connectivity index is 2.68. The van der Waals surface area contributed by atoms with Crippen molar-refractivity contribution in [2.24, 2.45) is 0 Å². The maximum Gasteiger partial charge on any atom is 0.318 e. The van der Waals surface area contributed by atoms with Crippen molar-refractivity contribution in [1.82, 2.24) is 0 Å². The van der Waals surface area contributed by atoms with Gasteiger partial charge in [0.15, 0.2) is 0 Å². The highest BCUT2D eigenvalue weighted by atomic mass is 127. The minimum atomic E-state index is -0.599. The monoisotopic (exact) mass is 306 g/mol. The molecule has 14 heavy (non-hydrogen) atoms. The number of carbonyl (C=O) groups is 1. The minimum absolute atomic E-state index is 0.277. The number of halogens is 1. The molecule has 1 atom stereocenters. The first-order chi connectivity index (χ1) is 6.77. The van der Waals surface area contributed by atoms with E-state index in [4.69, 9.17) is 9.47 Å². The van der Waals surface area contributed by atoms with E-state index in [-0.39, 0.29) is 5.97 Å². The van der Waals surface area contributed by atoms with E-state index < -0.39 is 6.29 Å². The van der Waals surface area contributed by atoms with Crippen LogP contribution in [0.15, 0.2) is 30.3 Å². The molecule has 0 N–H and O–H groups in total. The Bertz CT molecular complexity index is 287. The zero-order valence-electron chi connectivity index (χ0n) is 7.77. The van der Waals surface area contributed by atoms with Gasteiger partial charge >= 0.3 is 5.97 Å². The van der Waals surface area contributed by atoms with Gasteiger partial charge in [-0.1, -0.05) is 52.9 Å². The Hall–Kier alpha value is -0.620. The fourth-order valence-electron chi connectivity index (χ4n) is 1.01. The molecule has 1 aromatic carbocycles. The molecular weight excluding hydrogens is 295 g/mol. The molecule has 0 heterocycles. The highest BCUT2D eigenvalue weighted by Crippen LogP contribution is 2.17. The molecule has 0 aromatic heterocycles. The van der Waals surface area contributed by atoms with Crippen molar-refractivity contribution >= 4 is 28.6 Å². The number of hydrogen-bond acceptors (Lipinski definition) is 3. The molecule has 0 saturated heterocycles. The van der Waals surface area contributed by atoms with Gasteiger partial charge < -0.3 is 9.47 Å². The van der Waals surface area contributed by atoms with Crippen molar-refractivity contribution in [1.29, 1.82) is 0 Å². The SMILES string of the molecule is COC(OC(=O)CI)c1ccccc1. The predicted molar refractivity (Wildman–Crippen MR) is 61.2 cm³/mol. The van der Waals surface area contributed by atoms with Crippen LogP contribution >= 0.6 is 22.6 Å². The molecule has 1 aromatic rings. The Kier molecular flexibility index (Phi) is 4.89. The number of alkyl halides is 1. The maximum atomic E-state index is 11.0. The topological polar surface area (TPSA) is 35.5 Å². The summed E-state index contributed by atoms with van der Waals surface area (Å²) in [6.07, 6.45) is -0.599. The van der Waals surface area contributed by atoms with E-state index in [2.05, 4.69) is 0 Å². The second-order valence-electron chi connectivity index (χ2n) is 2.60. The summed E-state index contributed by atoms with van der Waals surface area (Å²) in [6.45, 7) is 0. The lowest BCUT2D eigenvalue weighted by Gasteiger charge is -2.15. The lowest BCUT2D eigenvalue weighted by Crippen LogP contribution is -2.13. The van der Waals surface area contributed by atoms with Gasteiger partial charge in [-0.05, 0) is 0 Å².